The van der Waals surface area contributed by atoms with Gasteiger partial charge in [0.15, 0.2) is 0 Å². The average Bonchev–Trinajstić information content (AvgIpc) is 2.65. The van der Waals surface area contributed by atoms with Crippen molar-refractivity contribution in [3.05, 3.63) is 58.1 Å². The van der Waals surface area contributed by atoms with Crippen molar-refractivity contribution in [3.8, 4) is 0 Å². The maximum atomic E-state index is 12.8. The number of anilines is 2. The molecule has 9 heteroatoms. The number of carbonyl (C=O) groups excluding carboxylic acids is 2. The number of benzene rings is 2. The second kappa shape index (κ2) is 9.49. The van der Waals surface area contributed by atoms with Gasteiger partial charge in [-0.1, -0.05) is 17.7 Å². The standard InChI is InChI=1S/C21H25ClN2O5S/c1-6-29-21(26)16-8-10-19(18(22)12-16)23-20(25)15(4)24(30(5,27)28)17-9-7-13(2)14(3)11-17/h7-12,15H,6H2,1-5H3,(H,23,25)/t15-/m0/s1. The number of nitrogens with one attached hydrogen (secondary N) is 1. The first-order valence-electron chi connectivity index (χ1n) is 9.30. The molecule has 0 saturated heterocycles. The maximum absolute atomic E-state index is 12.8. The van der Waals surface area contributed by atoms with Crippen LogP contribution in [-0.2, 0) is 19.6 Å². The zero-order valence-corrected chi connectivity index (χ0v) is 19.1. The van der Waals surface area contributed by atoms with Crippen molar-refractivity contribution in [1.82, 2.24) is 0 Å². The Hall–Kier alpha value is -2.58. The molecule has 0 fully saturated rings. The van der Waals surface area contributed by atoms with Gasteiger partial charge in [-0.05, 0) is 69.2 Å². The average molecular weight is 453 g/mol. The van der Waals surface area contributed by atoms with Gasteiger partial charge in [0.2, 0.25) is 15.9 Å². The number of sulfonamides is 1. The molecular formula is C21H25ClN2O5S. The maximum Gasteiger partial charge on any atom is 0.338 e. The third-order valence-corrected chi connectivity index (χ3v) is 6.13. The zero-order valence-electron chi connectivity index (χ0n) is 17.5. The van der Waals surface area contributed by atoms with Gasteiger partial charge < -0.3 is 10.1 Å². The molecule has 0 aliphatic carbocycles. The molecule has 0 aliphatic rings. The molecule has 0 heterocycles. The van der Waals surface area contributed by atoms with Crippen LogP contribution in [0.2, 0.25) is 5.02 Å². The number of amides is 1. The molecule has 0 radical (unpaired) electrons. The van der Waals surface area contributed by atoms with Crippen LogP contribution < -0.4 is 9.62 Å². The molecule has 0 aliphatic heterocycles. The number of ether oxygens (including phenoxy) is 1. The van der Waals surface area contributed by atoms with E-state index in [1.54, 1.807) is 25.1 Å². The summed E-state index contributed by atoms with van der Waals surface area (Å²) in [5.41, 5.74) is 2.83. The number of rotatable bonds is 7. The van der Waals surface area contributed by atoms with E-state index in [-0.39, 0.29) is 22.9 Å². The van der Waals surface area contributed by atoms with Gasteiger partial charge in [-0.3, -0.25) is 9.10 Å². The molecular weight excluding hydrogens is 428 g/mol. The van der Waals surface area contributed by atoms with E-state index in [1.807, 2.05) is 13.8 Å². The van der Waals surface area contributed by atoms with Crippen LogP contribution in [0.25, 0.3) is 0 Å². The topological polar surface area (TPSA) is 92.8 Å². The number of halogens is 1. The van der Waals surface area contributed by atoms with Crippen LogP contribution in [0, 0.1) is 13.8 Å². The molecule has 1 atom stereocenters. The summed E-state index contributed by atoms with van der Waals surface area (Å²) in [7, 11) is -3.74. The second-order valence-corrected chi connectivity index (χ2v) is 9.17. The van der Waals surface area contributed by atoms with E-state index in [0.717, 1.165) is 21.7 Å². The Morgan fingerprint density at radius 2 is 1.80 bits per heavy atom. The Morgan fingerprint density at radius 1 is 1.13 bits per heavy atom. The Morgan fingerprint density at radius 3 is 2.33 bits per heavy atom. The highest BCUT2D eigenvalue weighted by Crippen LogP contribution is 2.27. The fourth-order valence-electron chi connectivity index (χ4n) is 2.87. The Labute approximate surface area is 182 Å². The lowest BCUT2D eigenvalue weighted by atomic mass is 10.1. The number of nitrogens with zero attached hydrogens (tertiary/aromatic N) is 1. The van der Waals surface area contributed by atoms with Crippen LogP contribution in [0.5, 0.6) is 0 Å². The molecule has 7 nitrogen and oxygen atoms in total. The summed E-state index contributed by atoms with van der Waals surface area (Å²) in [5, 5.41) is 2.76. The lowest BCUT2D eigenvalue weighted by molar-refractivity contribution is -0.116. The first-order valence-corrected chi connectivity index (χ1v) is 11.5. The Balaban J connectivity index is 2.30. The predicted molar refractivity (Wildman–Crippen MR) is 119 cm³/mol. The minimum absolute atomic E-state index is 0.137. The molecule has 0 bridgehead atoms. The van der Waals surface area contributed by atoms with E-state index >= 15 is 0 Å². The third-order valence-electron chi connectivity index (χ3n) is 4.57. The lowest BCUT2D eigenvalue weighted by Gasteiger charge is -2.28. The number of hydrogen-bond donors (Lipinski definition) is 1. The predicted octanol–water partition coefficient (Wildman–Crippen LogP) is 3.93. The van der Waals surface area contributed by atoms with Crippen molar-refractivity contribution in [2.24, 2.45) is 0 Å². The molecule has 0 spiro atoms. The third kappa shape index (κ3) is 5.52. The van der Waals surface area contributed by atoms with Crippen LogP contribution in [-0.4, -0.2) is 39.2 Å². The van der Waals surface area contributed by atoms with E-state index in [9.17, 15) is 18.0 Å². The first kappa shape index (κ1) is 23.7. The van der Waals surface area contributed by atoms with E-state index in [0.29, 0.717) is 5.69 Å². The van der Waals surface area contributed by atoms with E-state index in [4.69, 9.17) is 16.3 Å². The van der Waals surface area contributed by atoms with Gasteiger partial charge in [0, 0.05) is 0 Å². The van der Waals surface area contributed by atoms with Crippen LogP contribution in [0.1, 0.15) is 35.3 Å². The van der Waals surface area contributed by atoms with Gasteiger partial charge >= 0.3 is 5.97 Å². The molecule has 162 valence electrons. The highest BCUT2D eigenvalue weighted by Gasteiger charge is 2.29. The summed E-state index contributed by atoms with van der Waals surface area (Å²) in [6.45, 7) is 7.20. The Kier molecular flexibility index (Phi) is 7.49. The van der Waals surface area contributed by atoms with Gasteiger partial charge in [0.1, 0.15) is 6.04 Å². The van der Waals surface area contributed by atoms with Crippen molar-refractivity contribution in [1.29, 1.82) is 0 Å². The number of esters is 1. The van der Waals surface area contributed by atoms with Crippen molar-refractivity contribution in [2.75, 3.05) is 22.5 Å². The van der Waals surface area contributed by atoms with Crippen LogP contribution in [0.4, 0.5) is 11.4 Å². The summed E-state index contributed by atoms with van der Waals surface area (Å²) in [6, 6.07) is 8.48. The number of carbonyl (C=O) groups is 2. The fraction of sp³-hybridized carbons (Fsp3) is 0.333. The molecule has 2 rings (SSSR count). The van der Waals surface area contributed by atoms with Crippen molar-refractivity contribution >= 4 is 44.9 Å². The monoisotopic (exact) mass is 452 g/mol. The summed E-state index contributed by atoms with van der Waals surface area (Å²) in [4.78, 5) is 24.6. The van der Waals surface area contributed by atoms with Gasteiger partial charge in [-0.15, -0.1) is 0 Å². The Bertz CT molecular complexity index is 1070. The van der Waals surface area contributed by atoms with Gasteiger partial charge in [0.25, 0.3) is 0 Å². The minimum Gasteiger partial charge on any atom is -0.462 e. The van der Waals surface area contributed by atoms with Crippen molar-refractivity contribution in [2.45, 2.75) is 33.7 Å². The summed E-state index contributed by atoms with van der Waals surface area (Å²) < 4.78 is 30.9. The van der Waals surface area contributed by atoms with E-state index in [1.165, 1.54) is 25.1 Å². The van der Waals surface area contributed by atoms with E-state index < -0.39 is 27.9 Å². The van der Waals surface area contributed by atoms with Crippen molar-refractivity contribution < 1.29 is 22.7 Å². The second-order valence-electron chi connectivity index (χ2n) is 6.91. The fourth-order valence-corrected chi connectivity index (χ4v) is 4.26. The summed E-state index contributed by atoms with van der Waals surface area (Å²) >= 11 is 6.19. The van der Waals surface area contributed by atoms with Crippen LogP contribution >= 0.6 is 11.6 Å². The number of hydrogen-bond acceptors (Lipinski definition) is 5. The number of aryl methyl sites for hydroxylation is 2. The van der Waals surface area contributed by atoms with E-state index in [2.05, 4.69) is 5.32 Å². The van der Waals surface area contributed by atoms with Crippen LogP contribution in [0.15, 0.2) is 36.4 Å². The quantitative estimate of drug-likeness (QED) is 0.642. The molecule has 0 saturated carbocycles. The summed E-state index contributed by atoms with van der Waals surface area (Å²) in [6.07, 6.45) is 1.05. The van der Waals surface area contributed by atoms with Crippen molar-refractivity contribution in [3.63, 3.8) is 0 Å². The molecule has 1 amide bonds. The minimum atomic E-state index is -3.74. The normalized spacial score (nSPS) is 12.2. The largest absolute Gasteiger partial charge is 0.462 e. The smallest absolute Gasteiger partial charge is 0.338 e. The lowest BCUT2D eigenvalue weighted by Crippen LogP contribution is -2.45. The molecule has 30 heavy (non-hydrogen) atoms. The highest BCUT2D eigenvalue weighted by atomic mass is 35.5. The highest BCUT2D eigenvalue weighted by molar-refractivity contribution is 7.92. The molecule has 0 aromatic heterocycles. The van der Waals surface area contributed by atoms with Crippen LogP contribution in [0.3, 0.4) is 0 Å². The SMILES string of the molecule is CCOC(=O)c1ccc(NC(=O)[C@H](C)N(c2ccc(C)c(C)c2)S(C)(=O)=O)c(Cl)c1. The molecule has 1 N–H and O–H groups in total. The molecule has 2 aromatic carbocycles. The van der Waals surface area contributed by atoms with Gasteiger partial charge in [-0.25, -0.2) is 13.2 Å². The van der Waals surface area contributed by atoms with Gasteiger partial charge in [0.05, 0.1) is 34.8 Å². The molecule has 0 unspecified atom stereocenters. The molecule has 2 aromatic rings. The van der Waals surface area contributed by atoms with Gasteiger partial charge in [-0.2, -0.15) is 0 Å². The first-order chi connectivity index (χ1) is 14.0. The summed E-state index contributed by atoms with van der Waals surface area (Å²) in [5.74, 6) is -1.09. The zero-order chi connectivity index (χ0) is 22.6.